The predicted molar refractivity (Wildman–Crippen MR) is 43.3 cm³/mol. The molecule has 56 valence electrons. The minimum atomic E-state index is -0.254. The summed E-state index contributed by atoms with van der Waals surface area (Å²) in [4.78, 5) is 2.82. The first-order valence-electron chi connectivity index (χ1n) is 3.19. The molecule has 1 heterocycles. The molecule has 0 saturated heterocycles. The largest absolute Gasteiger partial charge is 0.346 e. The van der Waals surface area contributed by atoms with E-state index in [2.05, 4.69) is 4.98 Å². The molecule has 1 aromatic heterocycles. The molecular formula is C8H5ClFN. The van der Waals surface area contributed by atoms with Gasteiger partial charge in [0.25, 0.3) is 0 Å². The minimum Gasteiger partial charge on any atom is -0.346 e. The number of nitrogens with one attached hydrogen (secondary N) is 1. The van der Waals surface area contributed by atoms with Gasteiger partial charge in [0.15, 0.2) is 0 Å². The first-order chi connectivity index (χ1) is 5.25. The molecule has 1 aromatic carbocycles. The van der Waals surface area contributed by atoms with Crippen LogP contribution in [0.1, 0.15) is 0 Å². The van der Waals surface area contributed by atoms with Crippen LogP contribution in [0.15, 0.2) is 24.3 Å². The SMILES string of the molecule is Fc1ccc2cc(Cl)[nH]c2c1. The molecule has 0 aliphatic rings. The molecule has 0 aliphatic heterocycles. The fourth-order valence-corrected chi connectivity index (χ4v) is 1.28. The summed E-state index contributed by atoms with van der Waals surface area (Å²) in [6, 6.07) is 6.27. The van der Waals surface area contributed by atoms with Gasteiger partial charge in [-0.3, -0.25) is 0 Å². The third-order valence-electron chi connectivity index (χ3n) is 1.55. The van der Waals surface area contributed by atoms with Crippen molar-refractivity contribution in [2.45, 2.75) is 0 Å². The maximum Gasteiger partial charge on any atom is 0.125 e. The van der Waals surface area contributed by atoms with Crippen molar-refractivity contribution < 1.29 is 4.39 Å². The first-order valence-corrected chi connectivity index (χ1v) is 3.57. The third kappa shape index (κ3) is 1.10. The second-order valence-corrected chi connectivity index (χ2v) is 2.76. The molecule has 0 saturated carbocycles. The van der Waals surface area contributed by atoms with Gasteiger partial charge >= 0.3 is 0 Å². The van der Waals surface area contributed by atoms with Gasteiger partial charge < -0.3 is 4.98 Å². The number of H-pyrrole nitrogens is 1. The molecule has 1 nitrogen and oxygen atoms in total. The molecule has 1 N–H and O–H groups in total. The first kappa shape index (κ1) is 6.68. The molecule has 0 radical (unpaired) electrons. The number of hydrogen-bond donors (Lipinski definition) is 1. The van der Waals surface area contributed by atoms with E-state index in [1.54, 1.807) is 12.1 Å². The molecular weight excluding hydrogens is 165 g/mol. The van der Waals surface area contributed by atoms with Crippen LogP contribution in [-0.2, 0) is 0 Å². The van der Waals surface area contributed by atoms with E-state index in [9.17, 15) is 4.39 Å². The Labute approximate surface area is 67.8 Å². The number of hydrogen-bond acceptors (Lipinski definition) is 0. The highest BCUT2D eigenvalue weighted by atomic mass is 35.5. The van der Waals surface area contributed by atoms with Crippen LogP contribution >= 0.6 is 11.6 Å². The molecule has 0 spiro atoms. The summed E-state index contributed by atoms with van der Waals surface area (Å²) in [6.07, 6.45) is 0. The number of aromatic amines is 1. The molecule has 2 rings (SSSR count). The molecule has 0 fully saturated rings. The number of fused-ring (bicyclic) bond motifs is 1. The van der Waals surface area contributed by atoms with Crippen molar-refractivity contribution in [2.24, 2.45) is 0 Å². The normalized spacial score (nSPS) is 10.7. The lowest BCUT2D eigenvalue weighted by Gasteiger charge is -1.87. The Morgan fingerprint density at radius 3 is 2.91 bits per heavy atom. The van der Waals surface area contributed by atoms with Crippen LogP contribution in [0.2, 0.25) is 5.15 Å². The van der Waals surface area contributed by atoms with Crippen LogP contribution in [0.5, 0.6) is 0 Å². The van der Waals surface area contributed by atoms with Crippen LogP contribution in [0.3, 0.4) is 0 Å². The van der Waals surface area contributed by atoms with Crippen molar-refractivity contribution in [1.82, 2.24) is 4.98 Å². The van der Waals surface area contributed by atoms with Crippen LogP contribution < -0.4 is 0 Å². The molecule has 0 bridgehead atoms. The summed E-state index contributed by atoms with van der Waals surface area (Å²) >= 11 is 5.66. The highest BCUT2D eigenvalue weighted by Gasteiger charge is 1.98. The standard InChI is InChI=1S/C8H5ClFN/c9-8-3-5-1-2-6(10)4-7(5)11-8/h1-4,11H. The topological polar surface area (TPSA) is 15.8 Å². The van der Waals surface area contributed by atoms with Gasteiger partial charge in [-0.2, -0.15) is 0 Å². The van der Waals surface area contributed by atoms with Gasteiger partial charge in [-0.25, -0.2) is 4.39 Å². The van der Waals surface area contributed by atoms with Crippen molar-refractivity contribution in [3.63, 3.8) is 0 Å². The van der Waals surface area contributed by atoms with Crippen LogP contribution in [0.25, 0.3) is 10.9 Å². The van der Waals surface area contributed by atoms with Gasteiger partial charge in [-0.05, 0) is 24.3 Å². The molecule has 0 unspecified atom stereocenters. The van der Waals surface area contributed by atoms with Gasteiger partial charge in [0.1, 0.15) is 11.0 Å². The number of aromatic nitrogens is 1. The van der Waals surface area contributed by atoms with E-state index in [1.165, 1.54) is 12.1 Å². The quantitative estimate of drug-likeness (QED) is 0.624. The van der Waals surface area contributed by atoms with Gasteiger partial charge in [-0.15, -0.1) is 0 Å². The van der Waals surface area contributed by atoms with Crippen LogP contribution in [0, 0.1) is 5.82 Å². The average Bonchev–Trinajstić information content (AvgIpc) is 2.27. The van der Waals surface area contributed by atoms with E-state index in [0.717, 1.165) is 10.9 Å². The molecule has 0 aliphatic carbocycles. The Hall–Kier alpha value is -1.02. The smallest absolute Gasteiger partial charge is 0.125 e. The highest BCUT2D eigenvalue weighted by Crippen LogP contribution is 2.18. The molecule has 0 amide bonds. The van der Waals surface area contributed by atoms with E-state index in [1.807, 2.05) is 0 Å². The maximum absolute atomic E-state index is 12.6. The van der Waals surface area contributed by atoms with E-state index in [-0.39, 0.29) is 5.82 Å². The monoisotopic (exact) mass is 169 g/mol. The highest BCUT2D eigenvalue weighted by molar-refractivity contribution is 6.30. The number of rotatable bonds is 0. The third-order valence-corrected chi connectivity index (χ3v) is 1.76. The van der Waals surface area contributed by atoms with Crippen molar-refractivity contribution in [2.75, 3.05) is 0 Å². The molecule has 11 heavy (non-hydrogen) atoms. The van der Waals surface area contributed by atoms with Gasteiger partial charge in [-0.1, -0.05) is 11.6 Å². The van der Waals surface area contributed by atoms with Gasteiger partial charge in [0, 0.05) is 10.9 Å². The summed E-state index contributed by atoms with van der Waals surface area (Å²) in [5, 5.41) is 1.46. The lowest BCUT2D eigenvalue weighted by molar-refractivity contribution is 0.629. The lowest BCUT2D eigenvalue weighted by atomic mass is 10.2. The zero-order chi connectivity index (χ0) is 7.84. The summed E-state index contributed by atoms with van der Waals surface area (Å²) in [7, 11) is 0. The number of benzene rings is 1. The second kappa shape index (κ2) is 2.24. The van der Waals surface area contributed by atoms with Crippen molar-refractivity contribution in [1.29, 1.82) is 0 Å². The average molecular weight is 170 g/mol. The lowest BCUT2D eigenvalue weighted by Crippen LogP contribution is -1.71. The maximum atomic E-state index is 12.6. The second-order valence-electron chi connectivity index (χ2n) is 2.35. The summed E-state index contributed by atoms with van der Waals surface area (Å²) in [5.74, 6) is -0.254. The van der Waals surface area contributed by atoms with Crippen molar-refractivity contribution >= 4 is 22.5 Å². The predicted octanol–water partition coefficient (Wildman–Crippen LogP) is 2.96. The van der Waals surface area contributed by atoms with Crippen molar-refractivity contribution in [3.8, 4) is 0 Å². The van der Waals surface area contributed by atoms with Crippen LogP contribution in [0.4, 0.5) is 4.39 Å². The Morgan fingerprint density at radius 1 is 1.27 bits per heavy atom. The van der Waals surface area contributed by atoms with Crippen molar-refractivity contribution in [3.05, 3.63) is 35.2 Å². The van der Waals surface area contributed by atoms with Gasteiger partial charge in [0.2, 0.25) is 0 Å². The zero-order valence-electron chi connectivity index (χ0n) is 5.57. The van der Waals surface area contributed by atoms with Crippen LogP contribution in [-0.4, -0.2) is 4.98 Å². The molecule has 0 atom stereocenters. The van der Waals surface area contributed by atoms with E-state index in [0.29, 0.717) is 5.15 Å². The van der Waals surface area contributed by atoms with E-state index < -0.39 is 0 Å². The zero-order valence-corrected chi connectivity index (χ0v) is 6.32. The molecule has 2 aromatic rings. The Bertz CT molecular complexity index is 394. The Balaban J connectivity index is 2.82. The summed E-state index contributed by atoms with van der Waals surface area (Å²) in [6.45, 7) is 0. The summed E-state index contributed by atoms with van der Waals surface area (Å²) in [5.41, 5.74) is 0.731. The summed E-state index contributed by atoms with van der Waals surface area (Å²) < 4.78 is 12.6. The fraction of sp³-hybridized carbons (Fsp3) is 0. The van der Waals surface area contributed by atoms with E-state index in [4.69, 9.17) is 11.6 Å². The Morgan fingerprint density at radius 2 is 2.09 bits per heavy atom. The fourth-order valence-electron chi connectivity index (χ4n) is 1.06. The van der Waals surface area contributed by atoms with Gasteiger partial charge in [0.05, 0.1) is 0 Å². The molecule has 3 heteroatoms. The Kier molecular flexibility index (Phi) is 1.36. The minimum absolute atomic E-state index is 0.254. The number of halogens is 2. The van der Waals surface area contributed by atoms with E-state index >= 15 is 0 Å².